The van der Waals surface area contributed by atoms with Gasteiger partial charge in [0.1, 0.15) is 16.0 Å². The Kier molecular flexibility index (Phi) is 5.57. The van der Waals surface area contributed by atoms with E-state index in [1.807, 2.05) is 36.6 Å². The van der Waals surface area contributed by atoms with E-state index in [2.05, 4.69) is 9.97 Å². The second-order valence-corrected chi connectivity index (χ2v) is 7.75. The zero-order valence-electron chi connectivity index (χ0n) is 13.3. The summed E-state index contributed by atoms with van der Waals surface area (Å²) in [4.78, 5) is 8.82. The normalized spacial score (nSPS) is 12.5. The Morgan fingerprint density at radius 1 is 1.35 bits per heavy atom. The maximum absolute atomic E-state index is 11.1. The molecular formula is C16H21N4O2S+. The minimum absolute atomic E-state index is 0.179. The highest BCUT2D eigenvalue weighted by atomic mass is 32.2. The fourth-order valence-corrected chi connectivity index (χ4v) is 2.86. The number of rotatable bonds is 7. The van der Waals surface area contributed by atoms with Crippen LogP contribution in [0.1, 0.15) is 17.7 Å². The monoisotopic (exact) mass is 333 g/mol. The predicted octanol–water partition coefficient (Wildman–Crippen LogP) is 0.927. The number of pyridine rings is 2. The molecule has 2 aromatic rings. The number of allylic oxidation sites excluding steroid dienone is 1. The molecular weight excluding hydrogens is 312 g/mol. The van der Waals surface area contributed by atoms with Crippen molar-refractivity contribution >= 4 is 32.7 Å². The van der Waals surface area contributed by atoms with E-state index < -0.39 is 9.84 Å². The van der Waals surface area contributed by atoms with E-state index in [0.717, 1.165) is 27.9 Å². The Balaban J connectivity index is 2.10. The quantitative estimate of drug-likeness (QED) is 0.581. The molecule has 0 saturated heterocycles. The molecule has 0 radical (unpaired) electrons. The molecule has 0 atom stereocenters. The molecule has 2 aromatic heterocycles. The molecule has 0 aromatic carbocycles. The van der Waals surface area contributed by atoms with Gasteiger partial charge in [-0.2, -0.15) is 0 Å². The molecule has 3 N–H and O–H groups in total. The number of nitrogens with two attached hydrogens (primary N) is 1. The van der Waals surface area contributed by atoms with Crippen molar-refractivity contribution in [3.63, 3.8) is 0 Å². The third-order valence-electron chi connectivity index (χ3n) is 3.35. The molecule has 6 nitrogen and oxygen atoms in total. The molecule has 0 amide bonds. The van der Waals surface area contributed by atoms with Crippen molar-refractivity contribution in [2.75, 3.05) is 18.6 Å². The van der Waals surface area contributed by atoms with Crippen molar-refractivity contribution in [1.29, 1.82) is 5.41 Å². The highest BCUT2D eigenvalue weighted by Crippen LogP contribution is 2.16. The van der Waals surface area contributed by atoms with Gasteiger partial charge < -0.3 is 10.7 Å². The van der Waals surface area contributed by atoms with Gasteiger partial charge in [-0.1, -0.05) is 0 Å². The maximum atomic E-state index is 11.1. The van der Waals surface area contributed by atoms with Crippen LogP contribution in [-0.4, -0.2) is 43.2 Å². The molecule has 23 heavy (non-hydrogen) atoms. The van der Waals surface area contributed by atoms with Gasteiger partial charge in [0, 0.05) is 36.3 Å². The standard InChI is InChI=1S/C16H20N4O2S/c1-12-4-5-15-16(20-12)8-13(11-19-15)14(9-17)10-18-6-3-7-23(2,21)22/h4-5,8-11,17-18H,3,6-7H2,1-2H3/p+1. The van der Waals surface area contributed by atoms with Gasteiger partial charge in [0.05, 0.1) is 28.9 Å². The van der Waals surface area contributed by atoms with E-state index in [1.54, 1.807) is 6.20 Å². The zero-order valence-corrected chi connectivity index (χ0v) is 14.1. The molecule has 2 rings (SSSR count). The molecule has 0 aliphatic rings. The maximum Gasteiger partial charge on any atom is 0.147 e. The molecule has 122 valence electrons. The van der Waals surface area contributed by atoms with E-state index in [4.69, 9.17) is 5.41 Å². The topological polar surface area (TPSA) is 100 Å². The fraction of sp³-hybridized carbons (Fsp3) is 0.312. The van der Waals surface area contributed by atoms with Gasteiger partial charge in [-0.05, 0) is 25.1 Å². The van der Waals surface area contributed by atoms with Crippen molar-refractivity contribution in [1.82, 2.24) is 9.97 Å². The van der Waals surface area contributed by atoms with Crippen LogP contribution in [0.25, 0.3) is 16.6 Å². The van der Waals surface area contributed by atoms with Crippen LogP contribution in [0.3, 0.4) is 0 Å². The van der Waals surface area contributed by atoms with E-state index in [9.17, 15) is 8.42 Å². The van der Waals surface area contributed by atoms with E-state index in [1.165, 1.54) is 12.5 Å². The zero-order chi connectivity index (χ0) is 16.9. The highest BCUT2D eigenvalue weighted by molar-refractivity contribution is 7.90. The van der Waals surface area contributed by atoms with Gasteiger partial charge in [0.2, 0.25) is 0 Å². The molecule has 0 unspecified atom stereocenters. The minimum atomic E-state index is -2.91. The Morgan fingerprint density at radius 2 is 2.13 bits per heavy atom. The molecule has 2 heterocycles. The molecule has 0 spiro atoms. The Hall–Kier alpha value is -2.12. The molecule has 0 bridgehead atoms. The van der Waals surface area contributed by atoms with Crippen LogP contribution >= 0.6 is 0 Å². The molecule has 0 aliphatic carbocycles. The predicted molar refractivity (Wildman–Crippen MR) is 92.2 cm³/mol. The first-order valence-corrected chi connectivity index (χ1v) is 9.40. The number of nitrogens with one attached hydrogen (secondary N) is 1. The van der Waals surface area contributed by atoms with Crippen molar-refractivity contribution in [2.24, 2.45) is 0 Å². The van der Waals surface area contributed by atoms with Crippen molar-refractivity contribution < 1.29 is 13.7 Å². The van der Waals surface area contributed by atoms with Crippen LogP contribution in [0.4, 0.5) is 0 Å². The van der Waals surface area contributed by atoms with Gasteiger partial charge in [0.15, 0.2) is 0 Å². The summed E-state index contributed by atoms with van der Waals surface area (Å²) in [5, 5.41) is 9.46. The number of hydrogen-bond acceptors (Lipinski definition) is 5. The van der Waals surface area contributed by atoms with Gasteiger partial charge in [0.25, 0.3) is 0 Å². The van der Waals surface area contributed by atoms with Gasteiger partial charge in [-0.25, -0.2) is 8.42 Å². The van der Waals surface area contributed by atoms with Gasteiger partial charge >= 0.3 is 0 Å². The average molecular weight is 333 g/mol. The van der Waals surface area contributed by atoms with Crippen molar-refractivity contribution in [3.8, 4) is 0 Å². The van der Waals surface area contributed by atoms with Crippen LogP contribution in [0.2, 0.25) is 0 Å². The minimum Gasteiger partial charge on any atom is -0.319 e. The second-order valence-electron chi connectivity index (χ2n) is 5.49. The third-order valence-corrected chi connectivity index (χ3v) is 4.38. The molecule has 0 aliphatic heterocycles. The summed E-state index contributed by atoms with van der Waals surface area (Å²) in [6, 6.07) is 5.75. The number of aromatic nitrogens is 2. The molecule has 0 fully saturated rings. The summed E-state index contributed by atoms with van der Waals surface area (Å²) < 4.78 is 22.2. The third kappa shape index (κ3) is 5.22. The number of hydrogen-bond donors (Lipinski definition) is 2. The fourth-order valence-electron chi connectivity index (χ4n) is 2.17. The van der Waals surface area contributed by atoms with Crippen LogP contribution in [-0.2, 0) is 9.84 Å². The Bertz CT molecular complexity index is 844. The highest BCUT2D eigenvalue weighted by Gasteiger charge is 2.06. The first-order valence-electron chi connectivity index (χ1n) is 7.34. The number of aryl methyl sites for hydroxylation is 1. The summed E-state index contributed by atoms with van der Waals surface area (Å²) in [5.41, 5.74) is 4.09. The number of nitrogens with zero attached hydrogens (tertiary/aromatic N) is 2. The van der Waals surface area contributed by atoms with Crippen LogP contribution in [0, 0.1) is 12.3 Å². The number of quaternary nitrogens is 1. The van der Waals surface area contributed by atoms with Gasteiger partial charge in [-0.15, -0.1) is 0 Å². The van der Waals surface area contributed by atoms with E-state index >= 15 is 0 Å². The van der Waals surface area contributed by atoms with E-state index in [-0.39, 0.29) is 5.75 Å². The lowest BCUT2D eigenvalue weighted by atomic mass is 10.1. The molecule has 7 heteroatoms. The summed E-state index contributed by atoms with van der Waals surface area (Å²) in [6.45, 7) is 2.58. The summed E-state index contributed by atoms with van der Waals surface area (Å²) in [5.74, 6) is 0.179. The first-order chi connectivity index (χ1) is 10.9. The average Bonchev–Trinajstić information content (AvgIpc) is 2.49. The van der Waals surface area contributed by atoms with Crippen LogP contribution in [0.15, 0.2) is 30.6 Å². The number of fused-ring (bicyclic) bond motifs is 1. The van der Waals surface area contributed by atoms with Crippen molar-refractivity contribution in [3.05, 3.63) is 41.9 Å². The summed E-state index contributed by atoms with van der Waals surface area (Å²) in [6.07, 6.45) is 6.64. The summed E-state index contributed by atoms with van der Waals surface area (Å²) in [7, 11) is -2.91. The van der Waals surface area contributed by atoms with Crippen LogP contribution < -0.4 is 5.32 Å². The smallest absolute Gasteiger partial charge is 0.147 e. The summed E-state index contributed by atoms with van der Waals surface area (Å²) >= 11 is 0. The SMILES string of the molecule is Cc1ccc2ncc(C(C=N)=C[NH2+]CCCS(C)(=O)=O)cc2n1. The first kappa shape index (κ1) is 17.2. The lowest BCUT2D eigenvalue weighted by Gasteiger charge is -2.03. The Morgan fingerprint density at radius 3 is 2.83 bits per heavy atom. The van der Waals surface area contributed by atoms with E-state index in [0.29, 0.717) is 13.0 Å². The second kappa shape index (κ2) is 7.43. The lowest BCUT2D eigenvalue weighted by Crippen LogP contribution is -2.78. The largest absolute Gasteiger partial charge is 0.319 e. The van der Waals surface area contributed by atoms with Crippen LogP contribution in [0.5, 0.6) is 0 Å². The van der Waals surface area contributed by atoms with Gasteiger partial charge in [-0.3, -0.25) is 9.97 Å². The molecule has 0 saturated carbocycles. The lowest BCUT2D eigenvalue weighted by molar-refractivity contribution is -0.586. The number of sulfone groups is 1. The Labute approximate surface area is 136 Å². The van der Waals surface area contributed by atoms with Crippen molar-refractivity contribution in [2.45, 2.75) is 13.3 Å².